The van der Waals surface area contributed by atoms with Crippen molar-refractivity contribution in [3.8, 4) is 11.4 Å². The first kappa shape index (κ1) is 20.0. The van der Waals surface area contributed by atoms with E-state index in [-0.39, 0.29) is 12.3 Å². The van der Waals surface area contributed by atoms with Crippen LogP contribution < -0.4 is 10.2 Å². The predicted octanol–water partition coefficient (Wildman–Crippen LogP) is 3.16. The van der Waals surface area contributed by atoms with Crippen LogP contribution in [0, 0.1) is 0 Å². The Kier molecular flexibility index (Phi) is 6.64. The lowest BCUT2D eigenvalue weighted by atomic mass is 10.2. The quantitative estimate of drug-likeness (QED) is 0.644. The second-order valence-corrected chi connectivity index (χ2v) is 7.46. The van der Waals surface area contributed by atoms with E-state index in [0.717, 1.165) is 30.0 Å². The van der Waals surface area contributed by atoms with E-state index in [1.54, 1.807) is 12.4 Å². The van der Waals surface area contributed by atoms with Crippen molar-refractivity contribution in [2.45, 2.75) is 45.1 Å². The van der Waals surface area contributed by atoms with E-state index in [1.807, 2.05) is 30.5 Å². The SMILES string of the molecule is O=C(CCc1nc(-c2cccnc2)no1)NCc1ccc(N2CCCCCC2)nc1. The molecule has 4 heterocycles. The summed E-state index contributed by atoms with van der Waals surface area (Å²) in [6.07, 6.45) is 10.9. The zero-order valence-corrected chi connectivity index (χ0v) is 17.0. The molecule has 0 saturated carbocycles. The van der Waals surface area contributed by atoms with Gasteiger partial charge in [0, 0.05) is 56.6 Å². The maximum Gasteiger partial charge on any atom is 0.227 e. The van der Waals surface area contributed by atoms with E-state index >= 15 is 0 Å². The summed E-state index contributed by atoms with van der Waals surface area (Å²) in [6, 6.07) is 7.76. The number of pyridine rings is 2. The minimum absolute atomic E-state index is 0.0623. The number of rotatable bonds is 7. The van der Waals surface area contributed by atoms with E-state index < -0.39 is 0 Å². The topological polar surface area (TPSA) is 97.0 Å². The molecule has 1 fully saturated rings. The van der Waals surface area contributed by atoms with Gasteiger partial charge in [-0.1, -0.05) is 24.1 Å². The van der Waals surface area contributed by atoms with E-state index in [0.29, 0.717) is 24.7 Å². The standard InChI is InChI=1S/C22H26N6O2/c29-20(9-10-21-26-22(27-30-21)18-6-5-11-23-16-18)25-15-17-7-8-19(24-14-17)28-12-3-1-2-4-13-28/h5-8,11,14,16H,1-4,9-10,12-13,15H2,(H,25,29). The Morgan fingerprint density at radius 1 is 1.10 bits per heavy atom. The van der Waals surface area contributed by atoms with Crippen molar-refractivity contribution < 1.29 is 9.32 Å². The highest BCUT2D eigenvalue weighted by molar-refractivity contribution is 5.76. The fourth-order valence-electron chi connectivity index (χ4n) is 3.49. The molecule has 1 aliphatic heterocycles. The van der Waals surface area contributed by atoms with Gasteiger partial charge in [-0.2, -0.15) is 4.98 Å². The lowest BCUT2D eigenvalue weighted by Gasteiger charge is -2.21. The number of nitrogens with one attached hydrogen (secondary N) is 1. The first-order chi connectivity index (χ1) is 14.8. The molecule has 0 unspecified atom stereocenters. The molecular weight excluding hydrogens is 380 g/mol. The lowest BCUT2D eigenvalue weighted by Crippen LogP contribution is -2.25. The summed E-state index contributed by atoms with van der Waals surface area (Å²) in [5, 5.41) is 6.86. The molecule has 3 aromatic rings. The van der Waals surface area contributed by atoms with Crippen molar-refractivity contribution in [1.82, 2.24) is 25.4 Å². The van der Waals surface area contributed by atoms with Crippen LogP contribution in [0.25, 0.3) is 11.4 Å². The van der Waals surface area contributed by atoms with Crippen LogP contribution in [0.15, 0.2) is 47.4 Å². The molecule has 4 rings (SSSR count). The van der Waals surface area contributed by atoms with E-state index in [1.165, 1.54) is 25.7 Å². The molecule has 0 aromatic carbocycles. The highest BCUT2D eigenvalue weighted by atomic mass is 16.5. The van der Waals surface area contributed by atoms with Crippen molar-refractivity contribution in [2.75, 3.05) is 18.0 Å². The van der Waals surface area contributed by atoms with Gasteiger partial charge in [0.15, 0.2) is 0 Å². The van der Waals surface area contributed by atoms with Gasteiger partial charge in [-0.15, -0.1) is 0 Å². The van der Waals surface area contributed by atoms with E-state index in [4.69, 9.17) is 4.52 Å². The summed E-state index contributed by atoms with van der Waals surface area (Å²) >= 11 is 0. The monoisotopic (exact) mass is 406 g/mol. The van der Waals surface area contributed by atoms with Crippen LogP contribution in [0.3, 0.4) is 0 Å². The highest BCUT2D eigenvalue weighted by Gasteiger charge is 2.12. The van der Waals surface area contributed by atoms with Crippen LogP contribution >= 0.6 is 0 Å². The normalized spacial score (nSPS) is 14.3. The molecule has 156 valence electrons. The minimum Gasteiger partial charge on any atom is -0.357 e. The van der Waals surface area contributed by atoms with Crippen molar-refractivity contribution in [2.24, 2.45) is 0 Å². The van der Waals surface area contributed by atoms with Crippen LogP contribution in [0.1, 0.15) is 43.6 Å². The van der Waals surface area contributed by atoms with E-state index in [2.05, 4.69) is 30.3 Å². The lowest BCUT2D eigenvalue weighted by molar-refractivity contribution is -0.121. The Bertz CT molecular complexity index is 934. The third-order valence-corrected chi connectivity index (χ3v) is 5.18. The van der Waals surface area contributed by atoms with Crippen molar-refractivity contribution in [1.29, 1.82) is 0 Å². The third kappa shape index (κ3) is 5.40. The zero-order chi connectivity index (χ0) is 20.6. The molecule has 0 spiro atoms. The molecule has 1 N–H and O–H groups in total. The number of hydrogen-bond acceptors (Lipinski definition) is 7. The molecule has 8 heteroatoms. The molecule has 0 aliphatic carbocycles. The molecular formula is C22H26N6O2. The predicted molar refractivity (Wildman–Crippen MR) is 113 cm³/mol. The molecule has 0 atom stereocenters. The fraction of sp³-hybridized carbons (Fsp3) is 0.409. The van der Waals surface area contributed by atoms with Crippen molar-refractivity contribution in [3.05, 3.63) is 54.3 Å². The summed E-state index contributed by atoms with van der Waals surface area (Å²) in [7, 11) is 0. The van der Waals surface area contributed by atoms with Gasteiger partial charge in [-0.3, -0.25) is 9.78 Å². The van der Waals surface area contributed by atoms with Gasteiger partial charge < -0.3 is 14.7 Å². The Hall–Kier alpha value is -3.29. The Labute approximate surface area is 175 Å². The van der Waals surface area contributed by atoms with Crippen LogP contribution in [0.5, 0.6) is 0 Å². The molecule has 1 amide bonds. The van der Waals surface area contributed by atoms with Crippen LogP contribution in [-0.2, 0) is 17.8 Å². The largest absolute Gasteiger partial charge is 0.357 e. The second-order valence-electron chi connectivity index (χ2n) is 7.46. The number of anilines is 1. The average Bonchev–Trinajstić information content (AvgIpc) is 3.11. The number of nitrogens with zero attached hydrogens (tertiary/aromatic N) is 5. The molecule has 0 radical (unpaired) electrons. The highest BCUT2D eigenvalue weighted by Crippen LogP contribution is 2.17. The number of carbonyl (C=O) groups is 1. The zero-order valence-electron chi connectivity index (χ0n) is 17.0. The van der Waals surface area contributed by atoms with Crippen LogP contribution in [0.2, 0.25) is 0 Å². The van der Waals surface area contributed by atoms with Gasteiger partial charge in [0.1, 0.15) is 5.82 Å². The molecule has 1 saturated heterocycles. The number of aromatic nitrogens is 4. The summed E-state index contributed by atoms with van der Waals surface area (Å²) in [5.74, 6) is 1.88. The average molecular weight is 406 g/mol. The number of aryl methyl sites for hydroxylation is 1. The van der Waals surface area contributed by atoms with Crippen LogP contribution in [-0.4, -0.2) is 39.1 Å². The minimum atomic E-state index is -0.0623. The first-order valence-electron chi connectivity index (χ1n) is 10.5. The summed E-state index contributed by atoms with van der Waals surface area (Å²) in [4.78, 5) is 27.5. The Balaban J connectivity index is 1.22. The molecule has 8 nitrogen and oxygen atoms in total. The van der Waals surface area contributed by atoms with Gasteiger partial charge >= 0.3 is 0 Å². The van der Waals surface area contributed by atoms with Gasteiger partial charge in [-0.05, 0) is 36.6 Å². The second kappa shape index (κ2) is 9.96. The maximum atomic E-state index is 12.2. The van der Waals surface area contributed by atoms with E-state index in [9.17, 15) is 4.79 Å². The maximum absolute atomic E-state index is 12.2. The van der Waals surface area contributed by atoms with Gasteiger partial charge in [-0.25, -0.2) is 4.98 Å². The molecule has 3 aromatic heterocycles. The first-order valence-corrected chi connectivity index (χ1v) is 10.5. The summed E-state index contributed by atoms with van der Waals surface area (Å²) < 4.78 is 5.23. The van der Waals surface area contributed by atoms with Gasteiger partial charge in [0.25, 0.3) is 0 Å². The van der Waals surface area contributed by atoms with Crippen molar-refractivity contribution >= 4 is 11.7 Å². The number of amides is 1. The Morgan fingerprint density at radius 3 is 2.70 bits per heavy atom. The van der Waals surface area contributed by atoms with Gasteiger partial charge in [0.05, 0.1) is 0 Å². The fourth-order valence-corrected chi connectivity index (χ4v) is 3.49. The van der Waals surface area contributed by atoms with Gasteiger partial charge in [0.2, 0.25) is 17.6 Å². The Morgan fingerprint density at radius 2 is 1.97 bits per heavy atom. The molecule has 30 heavy (non-hydrogen) atoms. The summed E-state index contributed by atoms with van der Waals surface area (Å²) in [6.45, 7) is 2.60. The summed E-state index contributed by atoms with van der Waals surface area (Å²) in [5.41, 5.74) is 1.77. The molecule has 1 aliphatic rings. The third-order valence-electron chi connectivity index (χ3n) is 5.18. The smallest absolute Gasteiger partial charge is 0.227 e. The number of carbonyl (C=O) groups excluding carboxylic acids is 1. The number of hydrogen-bond donors (Lipinski definition) is 1. The molecule has 0 bridgehead atoms. The van der Waals surface area contributed by atoms with Crippen LogP contribution in [0.4, 0.5) is 5.82 Å². The van der Waals surface area contributed by atoms with Crippen molar-refractivity contribution in [3.63, 3.8) is 0 Å².